The zero-order valence-electron chi connectivity index (χ0n) is 13.5. The van der Waals surface area contributed by atoms with Gasteiger partial charge in [0, 0.05) is 18.0 Å². The minimum Gasteiger partial charge on any atom is -0.497 e. The van der Waals surface area contributed by atoms with Crippen LogP contribution in [-0.2, 0) is 11.2 Å². The molecule has 0 fully saturated rings. The molecule has 4 heteroatoms. The van der Waals surface area contributed by atoms with E-state index in [1.807, 2.05) is 54.6 Å². The molecule has 0 spiro atoms. The molecule has 0 aliphatic carbocycles. The Morgan fingerprint density at radius 3 is 2.79 bits per heavy atom. The van der Waals surface area contributed by atoms with Gasteiger partial charge in [0.2, 0.25) is 5.91 Å². The predicted molar refractivity (Wildman–Crippen MR) is 95.0 cm³/mol. The van der Waals surface area contributed by atoms with Gasteiger partial charge in [-0.3, -0.25) is 4.79 Å². The second-order valence-corrected chi connectivity index (χ2v) is 5.41. The number of nitrogens with one attached hydrogen (secondary N) is 1. The third kappa shape index (κ3) is 4.04. The van der Waals surface area contributed by atoms with E-state index < -0.39 is 0 Å². The van der Waals surface area contributed by atoms with Crippen molar-refractivity contribution in [3.8, 4) is 5.75 Å². The molecule has 0 atom stereocenters. The Bertz CT molecular complexity index is 850. The fourth-order valence-electron chi connectivity index (χ4n) is 2.44. The summed E-state index contributed by atoms with van der Waals surface area (Å²) in [4.78, 5) is 11.9. The molecule has 0 saturated carbocycles. The van der Waals surface area contributed by atoms with Gasteiger partial charge < -0.3 is 14.5 Å². The van der Waals surface area contributed by atoms with Crippen LogP contribution in [0.1, 0.15) is 11.3 Å². The van der Waals surface area contributed by atoms with E-state index in [2.05, 4.69) is 5.32 Å². The van der Waals surface area contributed by atoms with Gasteiger partial charge >= 0.3 is 0 Å². The summed E-state index contributed by atoms with van der Waals surface area (Å²) in [6.07, 6.45) is 3.97. The number of carbonyl (C=O) groups is 1. The van der Waals surface area contributed by atoms with Crippen molar-refractivity contribution in [3.63, 3.8) is 0 Å². The normalized spacial score (nSPS) is 11.0. The van der Waals surface area contributed by atoms with Gasteiger partial charge in [-0.1, -0.05) is 30.3 Å². The molecule has 0 saturated heterocycles. The number of methoxy groups -OCH3 is 1. The van der Waals surface area contributed by atoms with E-state index in [-0.39, 0.29) is 5.91 Å². The van der Waals surface area contributed by atoms with E-state index in [4.69, 9.17) is 9.15 Å². The summed E-state index contributed by atoms with van der Waals surface area (Å²) in [6, 6.07) is 17.5. The summed E-state index contributed by atoms with van der Waals surface area (Å²) in [5.41, 5.74) is 1.97. The van der Waals surface area contributed by atoms with Crippen molar-refractivity contribution in [3.05, 3.63) is 72.0 Å². The average Bonchev–Trinajstić information content (AvgIpc) is 3.03. The number of hydrogen-bond donors (Lipinski definition) is 1. The van der Waals surface area contributed by atoms with Crippen LogP contribution < -0.4 is 10.1 Å². The quantitative estimate of drug-likeness (QED) is 0.702. The van der Waals surface area contributed by atoms with E-state index in [1.54, 1.807) is 13.2 Å². The molecule has 1 aromatic heterocycles. The Hall–Kier alpha value is -3.01. The summed E-state index contributed by atoms with van der Waals surface area (Å²) in [5, 5.41) is 3.81. The topological polar surface area (TPSA) is 51.5 Å². The van der Waals surface area contributed by atoms with Gasteiger partial charge in [0.1, 0.15) is 17.1 Å². The molecular weight excluding hydrogens is 302 g/mol. The number of fused-ring (bicyclic) bond motifs is 1. The van der Waals surface area contributed by atoms with Gasteiger partial charge in [-0.25, -0.2) is 0 Å². The molecule has 0 radical (unpaired) electrons. The van der Waals surface area contributed by atoms with Crippen molar-refractivity contribution >= 4 is 23.0 Å². The van der Waals surface area contributed by atoms with Crippen LogP contribution in [0.2, 0.25) is 0 Å². The van der Waals surface area contributed by atoms with E-state index >= 15 is 0 Å². The molecule has 4 nitrogen and oxygen atoms in total. The molecule has 3 aromatic rings. The number of ether oxygens (including phenoxy) is 1. The van der Waals surface area contributed by atoms with Crippen LogP contribution in [0.5, 0.6) is 5.75 Å². The Balaban J connectivity index is 1.55. The highest BCUT2D eigenvalue weighted by molar-refractivity contribution is 5.92. The highest BCUT2D eigenvalue weighted by Crippen LogP contribution is 2.24. The molecule has 2 aromatic carbocycles. The SMILES string of the molecule is COc1ccc2oc(C=CC(=O)NCCc3ccccc3)cc2c1. The van der Waals surface area contributed by atoms with Gasteiger partial charge in [0.15, 0.2) is 0 Å². The van der Waals surface area contributed by atoms with Gasteiger partial charge in [0.25, 0.3) is 0 Å². The Morgan fingerprint density at radius 2 is 2.00 bits per heavy atom. The maximum Gasteiger partial charge on any atom is 0.244 e. The number of carbonyl (C=O) groups excluding carboxylic acids is 1. The molecule has 24 heavy (non-hydrogen) atoms. The third-order valence-corrected chi connectivity index (χ3v) is 3.70. The van der Waals surface area contributed by atoms with Gasteiger partial charge in [-0.2, -0.15) is 0 Å². The fraction of sp³-hybridized carbons (Fsp3) is 0.150. The standard InChI is InChI=1S/C20H19NO3/c1-23-17-7-9-19-16(13-17)14-18(24-19)8-10-20(22)21-12-11-15-5-3-2-4-6-15/h2-10,13-14H,11-12H2,1H3,(H,21,22). The Labute approximate surface area is 140 Å². The molecule has 0 unspecified atom stereocenters. The minimum atomic E-state index is -0.135. The first-order chi connectivity index (χ1) is 11.7. The molecule has 0 aliphatic heterocycles. The summed E-state index contributed by atoms with van der Waals surface area (Å²) in [6.45, 7) is 0.602. The smallest absolute Gasteiger partial charge is 0.244 e. The molecular formula is C20H19NO3. The van der Waals surface area contributed by atoms with Crippen LogP contribution >= 0.6 is 0 Å². The number of benzene rings is 2. The second kappa shape index (κ2) is 7.51. The highest BCUT2D eigenvalue weighted by Gasteiger charge is 2.03. The molecule has 1 N–H and O–H groups in total. The van der Waals surface area contributed by atoms with Crippen molar-refractivity contribution in [1.82, 2.24) is 5.32 Å². The largest absolute Gasteiger partial charge is 0.497 e. The van der Waals surface area contributed by atoms with E-state index in [9.17, 15) is 4.79 Å². The molecule has 0 bridgehead atoms. The Kier molecular flexibility index (Phi) is 4.96. The summed E-state index contributed by atoms with van der Waals surface area (Å²) >= 11 is 0. The molecule has 1 heterocycles. The van der Waals surface area contributed by atoms with Crippen molar-refractivity contribution in [2.45, 2.75) is 6.42 Å². The summed E-state index contributed by atoms with van der Waals surface area (Å²) in [7, 11) is 1.63. The number of hydrogen-bond acceptors (Lipinski definition) is 3. The Morgan fingerprint density at radius 1 is 1.17 bits per heavy atom. The first-order valence-corrected chi connectivity index (χ1v) is 7.82. The lowest BCUT2D eigenvalue weighted by atomic mass is 10.1. The van der Waals surface area contributed by atoms with Crippen molar-refractivity contribution in [1.29, 1.82) is 0 Å². The lowest BCUT2D eigenvalue weighted by molar-refractivity contribution is -0.116. The summed E-state index contributed by atoms with van der Waals surface area (Å²) in [5.74, 6) is 1.28. The van der Waals surface area contributed by atoms with E-state index in [1.165, 1.54) is 11.6 Å². The van der Waals surface area contributed by atoms with Crippen LogP contribution in [0.4, 0.5) is 0 Å². The number of furan rings is 1. The average molecular weight is 321 g/mol. The van der Waals surface area contributed by atoms with Gasteiger partial charge in [-0.15, -0.1) is 0 Å². The molecule has 0 aliphatic rings. The lowest BCUT2D eigenvalue weighted by Gasteiger charge is -2.02. The lowest BCUT2D eigenvalue weighted by Crippen LogP contribution is -2.23. The minimum absolute atomic E-state index is 0.135. The fourth-order valence-corrected chi connectivity index (χ4v) is 2.44. The van der Waals surface area contributed by atoms with Crippen LogP contribution in [-0.4, -0.2) is 19.6 Å². The van der Waals surface area contributed by atoms with E-state index in [0.29, 0.717) is 12.3 Å². The predicted octanol–water partition coefficient (Wildman–Crippen LogP) is 3.81. The second-order valence-electron chi connectivity index (χ2n) is 5.41. The van der Waals surface area contributed by atoms with Crippen LogP contribution in [0.25, 0.3) is 17.0 Å². The number of amides is 1. The summed E-state index contributed by atoms with van der Waals surface area (Å²) < 4.78 is 10.9. The monoisotopic (exact) mass is 321 g/mol. The highest BCUT2D eigenvalue weighted by atomic mass is 16.5. The van der Waals surface area contributed by atoms with Crippen LogP contribution in [0, 0.1) is 0 Å². The van der Waals surface area contributed by atoms with Crippen molar-refractivity contribution in [2.24, 2.45) is 0 Å². The van der Waals surface area contributed by atoms with Gasteiger partial charge in [0.05, 0.1) is 7.11 Å². The maximum absolute atomic E-state index is 11.9. The zero-order valence-corrected chi connectivity index (χ0v) is 13.5. The first-order valence-electron chi connectivity index (χ1n) is 7.82. The van der Waals surface area contributed by atoms with Crippen LogP contribution in [0.3, 0.4) is 0 Å². The van der Waals surface area contributed by atoms with Gasteiger partial charge in [-0.05, 0) is 42.3 Å². The molecule has 122 valence electrons. The molecule has 1 amide bonds. The van der Waals surface area contributed by atoms with Crippen molar-refractivity contribution in [2.75, 3.05) is 13.7 Å². The van der Waals surface area contributed by atoms with E-state index in [0.717, 1.165) is 23.1 Å². The number of rotatable bonds is 6. The first kappa shape index (κ1) is 15.9. The van der Waals surface area contributed by atoms with Crippen molar-refractivity contribution < 1.29 is 13.9 Å². The third-order valence-electron chi connectivity index (χ3n) is 3.70. The maximum atomic E-state index is 11.9. The molecule has 3 rings (SSSR count). The van der Waals surface area contributed by atoms with Crippen LogP contribution in [0.15, 0.2) is 65.1 Å². The zero-order chi connectivity index (χ0) is 16.8.